The van der Waals surface area contributed by atoms with E-state index in [1.165, 1.54) is 0 Å². The number of hydrogen-bond donors (Lipinski definition) is 5. The first-order chi connectivity index (χ1) is 19.6. The first-order valence-electron chi connectivity index (χ1n) is 13.3. The average molecular weight is 569 g/mol. The van der Waals surface area contributed by atoms with Gasteiger partial charge in [-0.2, -0.15) is 13.2 Å². The zero-order valence-corrected chi connectivity index (χ0v) is 22.0. The van der Waals surface area contributed by atoms with Gasteiger partial charge in [-0.25, -0.2) is 9.59 Å². The van der Waals surface area contributed by atoms with E-state index in [0.717, 1.165) is 37.1 Å². The third kappa shape index (κ3) is 8.00. The first kappa shape index (κ1) is 29.4. The van der Waals surface area contributed by atoms with Gasteiger partial charge in [0.1, 0.15) is 0 Å². The van der Waals surface area contributed by atoms with Crippen molar-refractivity contribution in [1.29, 1.82) is 0 Å². The van der Waals surface area contributed by atoms with Gasteiger partial charge in [-0.05, 0) is 48.2 Å². The van der Waals surface area contributed by atoms with Crippen LogP contribution in [-0.2, 0) is 11.0 Å². The van der Waals surface area contributed by atoms with E-state index < -0.39 is 53.8 Å². The number of benzene rings is 3. The van der Waals surface area contributed by atoms with E-state index in [-0.39, 0.29) is 5.69 Å². The van der Waals surface area contributed by atoms with Gasteiger partial charge in [-0.15, -0.1) is 0 Å². The summed E-state index contributed by atoms with van der Waals surface area (Å²) in [5.41, 5.74) is 0.643. The van der Waals surface area contributed by atoms with Crippen LogP contribution in [0, 0.1) is 5.92 Å². The number of carbonyl (C=O) groups is 3. The van der Waals surface area contributed by atoms with Gasteiger partial charge in [0.2, 0.25) is 0 Å². The van der Waals surface area contributed by atoms with Crippen molar-refractivity contribution in [1.82, 2.24) is 16.0 Å². The van der Waals surface area contributed by atoms with Crippen LogP contribution in [0.4, 0.5) is 28.4 Å². The Hall–Kier alpha value is -4.54. The molecule has 1 fully saturated rings. The second-order valence-electron chi connectivity index (χ2n) is 9.90. The standard InChI is InChI=1S/C30H31F3N4O4/c31-30(32,33)21-15-17-22(18-16-21)34-28(40)36-25(19-9-3-1-4-10-19)26(20-11-5-2-6-12-20)37-29(41)35-24-14-8-7-13-23(24)27(38)39/h1-6,9-12,15-18,23-26H,7-8,13-14H2,(H,38,39)(H2,34,36,40)(H2,35,37,41). The highest BCUT2D eigenvalue weighted by Crippen LogP contribution is 2.31. The van der Waals surface area contributed by atoms with E-state index in [2.05, 4.69) is 21.3 Å². The summed E-state index contributed by atoms with van der Waals surface area (Å²) in [5, 5.41) is 20.8. The van der Waals surface area contributed by atoms with Gasteiger partial charge in [0.25, 0.3) is 0 Å². The number of carbonyl (C=O) groups excluding carboxylic acids is 2. The summed E-state index contributed by atoms with van der Waals surface area (Å²) in [6.45, 7) is 0. The molecule has 0 spiro atoms. The van der Waals surface area contributed by atoms with Gasteiger partial charge in [-0.1, -0.05) is 73.5 Å². The summed E-state index contributed by atoms with van der Waals surface area (Å²) >= 11 is 0. The molecule has 0 aromatic heterocycles. The van der Waals surface area contributed by atoms with Gasteiger partial charge < -0.3 is 26.4 Å². The lowest BCUT2D eigenvalue weighted by Crippen LogP contribution is -2.51. The maximum atomic E-state index is 13.3. The van der Waals surface area contributed by atoms with Gasteiger partial charge in [-0.3, -0.25) is 4.79 Å². The molecule has 4 amide bonds. The van der Waals surface area contributed by atoms with Crippen molar-refractivity contribution < 1.29 is 32.7 Å². The molecule has 0 radical (unpaired) electrons. The topological polar surface area (TPSA) is 120 Å². The van der Waals surface area contributed by atoms with Crippen LogP contribution in [0.15, 0.2) is 84.9 Å². The number of rotatable bonds is 8. The van der Waals surface area contributed by atoms with Crippen molar-refractivity contribution in [3.63, 3.8) is 0 Å². The molecule has 41 heavy (non-hydrogen) atoms. The highest BCUT2D eigenvalue weighted by molar-refractivity contribution is 5.89. The number of amides is 4. The van der Waals surface area contributed by atoms with Crippen LogP contribution in [0.5, 0.6) is 0 Å². The summed E-state index contributed by atoms with van der Waals surface area (Å²) in [7, 11) is 0. The van der Waals surface area contributed by atoms with Crippen LogP contribution in [0.1, 0.15) is 54.5 Å². The lowest BCUT2D eigenvalue weighted by Gasteiger charge is -2.33. The quantitative estimate of drug-likeness (QED) is 0.221. The maximum Gasteiger partial charge on any atom is 0.416 e. The Morgan fingerprint density at radius 2 is 1.24 bits per heavy atom. The molecule has 4 unspecified atom stereocenters. The van der Waals surface area contributed by atoms with Gasteiger partial charge >= 0.3 is 24.2 Å². The predicted molar refractivity (Wildman–Crippen MR) is 147 cm³/mol. The molecule has 0 heterocycles. The zero-order valence-electron chi connectivity index (χ0n) is 22.0. The Morgan fingerprint density at radius 3 is 1.76 bits per heavy atom. The second kappa shape index (κ2) is 13.2. The predicted octanol–water partition coefficient (Wildman–Crippen LogP) is 6.25. The number of alkyl halides is 3. The number of anilines is 1. The van der Waals surface area contributed by atoms with Crippen LogP contribution in [0.3, 0.4) is 0 Å². The van der Waals surface area contributed by atoms with E-state index >= 15 is 0 Å². The largest absolute Gasteiger partial charge is 0.481 e. The minimum Gasteiger partial charge on any atom is -0.481 e. The molecule has 1 saturated carbocycles. The molecule has 3 aromatic rings. The fraction of sp³-hybridized carbons (Fsp3) is 0.300. The van der Waals surface area contributed by atoms with Crippen molar-refractivity contribution in [3.05, 3.63) is 102 Å². The number of hydrogen-bond acceptors (Lipinski definition) is 3. The summed E-state index contributed by atoms with van der Waals surface area (Å²) in [5.74, 6) is -1.65. The van der Waals surface area contributed by atoms with Crippen LogP contribution in [0.2, 0.25) is 0 Å². The number of carboxylic acid groups (broad SMARTS) is 1. The number of carboxylic acids is 1. The van der Waals surface area contributed by atoms with E-state index in [1.54, 1.807) is 54.6 Å². The second-order valence-corrected chi connectivity index (χ2v) is 9.90. The van der Waals surface area contributed by atoms with Gasteiger partial charge in [0, 0.05) is 11.7 Å². The fourth-order valence-electron chi connectivity index (χ4n) is 5.04. The molecule has 216 valence electrons. The molecule has 0 saturated heterocycles. The van der Waals surface area contributed by atoms with Crippen molar-refractivity contribution >= 4 is 23.7 Å². The molecular formula is C30H31F3N4O4. The average Bonchev–Trinajstić information content (AvgIpc) is 2.96. The molecule has 5 N–H and O–H groups in total. The highest BCUT2D eigenvalue weighted by Gasteiger charge is 2.34. The summed E-state index contributed by atoms with van der Waals surface area (Å²) in [6.07, 6.45) is -1.92. The van der Waals surface area contributed by atoms with Crippen molar-refractivity contribution in [3.8, 4) is 0 Å². The summed E-state index contributed by atoms with van der Waals surface area (Å²) in [6, 6.07) is 18.5. The smallest absolute Gasteiger partial charge is 0.416 e. The Labute approximate surface area is 235 Å². The van der Waals surface area contributed by atoms with Crippen molar-refractivity contribution in [2.45, 2.75) is 50.0 Å². The maximum absolute atomic E-state index is 13.3. The van der Waals surface area contributed by atoms with E-state index in [4.69, 9.17) is 0 Å². The molecule has 4 rings (SSSR count). The Bertz CT molecular complexity index is 1320. The van der Waals surface area contributed by atoms with Gasteiger partial charge in [0.15, 0.2) is 0 Å². The Balaban J connectivity index is 1.57. The fourth-order valence-corrected chi connectivity index (χ4v) is 5.04. The van der Waals surface area contributed by atoms with Crippen LogP contribution >= 0.6 is 0 Å². The molecule has 11 heteroatoms. The molecule has 0 aliphatic heterocycles. The zero-order chi connectivity index (χ0) is 29.4. The molecule has 3 aromatic carbocycles. The summed E-state index contributed by atoms with van der Waals surface area (Å²) in [4.78, 5) is 38.1. The minimum atomic E-state index is -4.50. The normalized spacial score (nSPS) is 18.4. The Morgan fingerprint density at radius 1 is 0.732 bits per heavy atom. The van der Waals surface area contributed by atoms with E-state index in [9.17, 15) is 32.7 Å². The lowest BCUT2D eigenvalue weighted by molar-refractivity contribution is -0.143. The Kier molecular flexibility index (Phi) is 9.49. The molecule has 4 atom stereocenters. The SMILES string of the molecule is O=C(Nc1ccc(C(F)(F)F)cc1)NC(c1ccccc1)C(NC(=O)NC1CCCCC1C(=O)O)c1ccccc1. The van der Waals surface area contributed by atoms with E-state index in [0.29, 0.717) is 24.0 Å². The lowest BCUT2D eigenvalue weighted by atomic mass is 9.84. The molecular weight excluding hydrogens is 537 g/mol. The highest BCUT2D eigenvalue weighted by atomic mass is 19.4. The number of aliphatic carboxylic acids is 1. The molecule has 0 bridgehead atoms. The van der Waals surface area contributed by atoms with Crippen LogP contribution in [0.25, 0.3) is 0 Å². The monoisotopic (exact) mass is 568 g/mol. The number of nitrogens with one attached hydrogen (secondary N) is 4. The van der Waals surface area contributed by atoms with E-state index in [1.807, 2.05) is 6.07 Å². The van der Waals surface area contributed by atoms with Crippen molar-refractivity contribution in [2.75, 3.05) is 5.32 Å². The third-order valence-corrected chi connectivity index (χ3v) is 7.09. The molecule has 1 aliphatic rings. The van der Waals surface area contributed by atoms with Gasteiger partial charge in [0.05, 0.1) is 23.6 Å². The molecule has 1 aliphatic carbocycles. The minimum absolute atomic E-state index is 0.154. The number of halogens is 3. The number of urea groups is 2. The van der Waals surface area contributed by atoms with Crippen molar-refractivity contribution in [2.24, 2.45) is 5.92 Å². The van der Waals surface area contributed by atoms with Crippen LogP contribution < -0.4 is 21.3 Å². The van der Waals surface area contributed by atoms with Crippen LogP contribution in [-0.4, -0.2) is 29.2 Å². The first-order valence-corrected chi connectivity index (χ1v) is 13.3. The third-order valence-electron chi connectivity index (χ3n) is 7.09. The molecule has 8 nitrogen and oxygen atoms in total. The summed E-state index contributed by atoms with van der Waals surface area (Å²) < 4.78 is 38.8.